The fraction of sp³-hybridized carbons (Fsp3) is 0.333. The molecule has 0 bridgehead atoms. The number of halogens is 1. The van der Waals surface area contributed by atoms with Crippen LogP contribution in [0.2, 0.25) is 0 Å². The summed E-state index contributed by atoms with van der Waals surface area (Å²) < 4.78 is 40.4. The number of benzene rings is 2. The van der Waals surface area contributed by atoms with E-state index in [1.165, 1.54) is 16.4 Å². The van der Waals surface area contributed by atoms with Crippen LogP contribution in [0.25, 0.3) is 10.9 Å². The third-order valence-corrected chi connectivity index (χ3v) is 7.43. The van der Waals surface area contributed by atoms with E-state index in [0.717, 1.165) is 12.1 Å². The van der Waals surface area contributed by atoms with Crippen molar-refractivity contribution in [2.45, 2.75) is 24.3 Å². The zero-order chi connectivity index (χ0) is 21.3. The van der Waals surface area contributed by atoms with Crippen LogP contribution in [0.4, 0.5) is 4.39 Å². The van der Waals surface area contributed by atoms with E-state index in [1.54, 1.807) is 18.2 Å². The third kappa shape index (κ3) is 4.00. The van der Waals surface area contributed by atoms with Crippen molar-refractivity contribution < 1.29 is 12.8 Å². The fourth-order valence-electron chi connectivity index (χ4n) is 3.77. The summed E-state index contributed by atoms with van der Waals surface area (Å²) in [4.78, 5) is 22.1. The molecule has 4 rings (SSSR count). The van der Waals surface area contributed by atoms with Crippen molar-refractivity contribution in [3.05, 3.63) is 70.5 Å². The number of hydrogen-bond acceptors (Lipinski definition) is 5. The number of nitrogens with zero attached hydrogens (tertiary/aromatic N) is 3. The highest BCUT2D eigenvalue weighted by Crippen LogP contribution is 2.22. The van der Waals surface area contributed by atoms with Crippen molar-refractivity contribution in [1.29, 1.82) is 0 Å². The molecule has 2 heterocycles. The summed E-state index contributed by atoms with van der Waals surface area (Å²) in [5, 5.41) is 0.542. The Morgan fingerprint density at radius 2 is 1.77 bits per heavy atom. The van der Waals surface area contributed by atoms with Crippen LogP contribution in [-0.2, 0) is 10.0 Å². The molecule has 30 heavy (non-hydrogen) atoms. The quantitative estimate of drug-likeness (QED) is 0.687. The highest BCUT2D eigenvalue weighted by Gasteiger charge is 2.29. The van der Waals surface area contributed by atoms with Gasteiger partial charge in [0.25, 0.3) is 5.56 Å². The minimum Gasteiger partial charge on any atom is -0.309 e. The van der Waals surface area contributed by atoms with Crippen molar-refractivity contribution in [3.8, 4) is 0 Å². The second kappa shape index (κ2) is 8.25. The Balaban J connectivity index is 1.53. The number of para-hydroxylation sites is 1. The van der Waals surface area contributed by atoms with Crippen LogP contribution in [0.3, 0.4) is 0 Å². The SMILES string of the molecule is C[C@@H](c1nc2ccccc2c(=O)[nH]1)N1CCCN(S(=O)(=O)c2ccc(F)cc2)CC1. The van der Waals surface area contributed by atoms with Crippen LogP contribution >= 0.6 is 0 Å². The normalized spacial score (nSPS) is 17.7. The molecule has 1 aliphatic heterocycles. The summed E-state index contributed by atoms with van der Waals surface area (Å²) in [6.07, 6.45) is 0.641. The van der Waals surface area contributed by atoms with Crippen molar-refractivity contribution >= 4 is 20.9 Å². The van der Waals surface area contributed by atoms with Crippen LogP contribution < -0.4 is 5.56 Å². The van der Waals surface area contributed by atoms with Gasteiger partial charge in [-0.05, 0) is 49.7 Å². The van der Waals surface area contributed by atoms with Crippen molar-refractivity contribution in [1.82, 2.24) is 19.2 Å². The fourth-order valence-corrected chi connectivity index (χ4v) is 5.24. The summed E-state index contributed by atoms with van der Waals surface area (Å²) in [5.41, 5.74) is 0.455. The summed E-state index contributed by atoms with van der Waals surface area (Å²) >= 11 is 0. The van der Waals surface area contributed by atoms with E-state index in [1.807, 2.05) is 13.0 Å². The highest BCUT2D eigenvalue weighted by atomic mass is 32.2. The van der Waals surface area contributed by atoms with Crippen LogP contribution in [0, 0.1) is 5.82 Å². The van der Waals surface area contributed by atoms with E-state index < -0.39 is 15.8 Å². The first-order valence-corrected chi connectivity index (χ1v) is 11.3. The maximum Gasteiger partial charge on any atom is 0.258 e. The number of nitrogens with one attached hydrogen (secondary N) is 1. The monoisotopic (exact) mass is 430 g/mol. The van der Waals surface area contributed by atoms with Crippen LogP contribution in [0.5, 0.6) is 0 Å². The molecule has 9 heteroatoms. The summed E-state index contributed by atoms with van der Waals surface area (Å²) in [5.74, 6) is 0.0928. The summed E-state index contributed by atoms with van der Waals surface area (Å²) in [6.45, 7) is 3.81. The molecular formula is C21H23FN4O3S. The molecule has 3 aromatic rings. The minimum absolute atomic E-state index is 0.0888. The zero-order valence-electron chi connectivity index (χ0n) is 16.6. The van der Waals surface area contributed by atoms with E-state index in [9.17, 15) is 17.6 Å². The molecule has 0 spiro atoms. The van der Waals surface area contributed by atoms with Gasteiger partial charge in [-0.25, -0.2) is 17.8 Å². The molecule has 0 aliphatic carbocycles. The van der Waals surface area contributed by atoms with E-state index >= 15 is 0 Å². The standard InChI is InChI=1S/C21H23FN4O3S/c1-15(20-23-19-6-3-2-5-18(19)21(27)24-20)25-11-4-12-26(14-13-25)30(28,29)17-9-7-16(22)8-10-17/h2-3,5-10,15H,4,11-14H2,1H3,(H,23,24,27)/t15-/m0/s1. The van der Waals surface area contributed by atoms with Crippen molar-refractivity contribution in [3.63, 3.8) is 0 Å². The minimum atomic E-state index is -3.68. The number of rotatable bonds is 4. The first-order valence-electron chi connectivity index (χ1n) is 9.85. The second-order valence-corrected chi connectivity index (χ2v) is 9.33. The lowest BCUT2D eigenvalue weighted by Crippen LogP contribution is -2.36. The first-order chi connectivity index (χ1) is 14.4. The van der Waals surface area contributed by atoms with E-state index in [-0.39, 0.29) is 16.5 Å². The summed E-state index contributed by atoms with van der Waals surface area (Å²) in [6, 6.07) is 11.9. The molecular weight excluding hydrogens is 407 g/mol. The number of sulfonamides is 1. The van der Waals surface area contributed by atoms with Gasteiger partial charge < -0.3 is 4.98 Å². The smallest absolute Gasteiger partial charge is 0.258 e. The average Bonchev–Trinajstić information content (AvgIpc) is 3.00. The van der Waals surface area contributed by atoms with Gasteiger partial charge in [-0.3, -0.25) is 9.69 Å². The molecule has 1 atom stereocenters. The lowest BCUT2D eigenvalue weighted by molar-refractivity contribution is 0.214. The Morgan fingerprint density at radius 1 is 1.03 bits per heavy atom. The zero-order valence-corrected chi connectivity index (χ0v) is 17.4. The third-order valence-electron chi connectivity index (χ3n) is 5.52. The van der Waals surface area contributed by atoms with Gasteiger partial charge in [0.1, 0.15) is 11.6 Å². The van der Waals surface area contributed by atoms with Gasteiger partial charge in [0.15, 0.2) is 0 Å². The Morgan fingerprint density at radius 3 is 2.53 bits per heavy atom. The van der Waals surface area contributed by atoms with Gasteiger partial charge >= 0.3 is 0 Å². The molecule has 0 amide bonds. The Bertz CT molecular complexity index is 1210. The number of fused-ring (bicyclic) bond motifs is 1. The molecule has 0 saturated carbocycles. The van der Waals surface area contributed by atoms with Gasteiger partial charge in [-0.1, -0.05) is 12.1 Å². The lowest BCUT2D eigenvalue weighted by atomic mass is 10.2. The molecule has 7 nitrogen and oxygen atoms in total. The Hall–Kier alpha value is -2.62. The van der Waals surface area contributed by atoms with Gasteiger partial charge in [-0.2, -0.15) is 4.31 Å². The molecule has 1 N–H and O–H groups in total. The molecule has 158 valence electrons. The molecule has 1 aliphatic rings. The number of aromatic nitrogens is 2. The number of aromatic amines is 1. The van der Waals surface area contributed by atoms with E-state index in [0.29, 0.717) is 49.3 Å². The van der Waals surface area contributed by atoms with Crippen molar-refractivity contribution in [2.24, 2.45) is 0 Å². The van der Waals surface area contributed by atoms with Gasteiger partial charge in [0.2, 0.25) is 10.0 Å². The predicted molar refractivity (Wildman–Crippen MR) is 112 cm³/mol. The van der Waals surface area contributed by atoms with Gasteiger partial charge in [-0.15, -0.1) is 0 Å². The van der Waals surface area contributed by atoms with Crippen LogP contribution in [0.15, 0.2) is 58.2 Å². The number of H-pyrrole nitrogens is 1. The van der Waals surface area contributed by atoms with Gasteiger partial charge in [0.05, 0.1) is 21.8 Å². The molecule has 2 aromatic carbocycles. The predicted octanol–water partition coefficient (Wildman–Crippen LogP) is 2.52. The van der Waals surface area contributed by atoms with E-state index in [4.69, 9.17) is 0 Å². The summed E-state index contributed by atoms with van der Waals surface area (Å²) in [7, 11) is -3.68. The molecule has 0 unspecified atom stereocenters. The highest BCUT2D eigenvalue weighted by molar-refractivity contribution is 7.89. The Labute approximate surface area is 174 Å². The van der Waals surface area contributed by atoms with Crippen LogP contribution in [-0.4, -0.2) is 53.8 Å². The number of hydrogen-bond donors (Lipinski definition) is 1. The van der Waals surface area contributed by atoms with Gasteiger partial charge in [0, 0.05) is 26.2 Å². The largest absolute Gasteiger partial charge is 0.309 e. The van der Waals surface area contributed by atoms with Crippen LogP contribution in [0.1, 0.15) is 25.2 Å². The second-order valence-electron chi connectivity index (χ2n) is 7.39. The Kier molecular flexibility index (Phi) is 5.68. The molecule has 1 aromatic heterocycles. The molecule has 1 saturated heterocycles. The molecule has 0 radical (unpaired) electrons. The van der Waals surface area contributed by atoms with E-state index in [2.05, 4.69) is 14.9 Å². The lowest BCUT2D eigenvalue weighted by Gasteiger charge is -2.27. The first kappa shape index (κ1) is 20.6. The maximum atomic E-state index is 13.2. The topological polar surface area (TPSA) is 86.4 Å². The average molecular weight is 431 g/mol. The molecule has 1 fully saturated rings. The maximum absolute atomic E-state index is 13.2. The van der Waals surface area contributed by atoms with Crippen molar-refractivity contribution in [2.75, 3.05) is 26.2 Å².